The van der Waals surface area contributed by atoms with E-state index >= 15 is 0 Å². The maximum absolute atomic E-state index is 8.00. The van der Waals surface area contributed by atoms with E-state index in [1.165, 1.54) is 5.54 Å². The first kappa shape index (κ1) is 12.6. The van der Waals surface area contributed by atoms with Crippen molar-refractivity contribution in [3.63, 3.8) is 0 Å². The average Bonchev–Trinajstić information content (AvgIpc) is 2.12. The molecular weight excluding hydrogens is 160 g/mol. The molecule has 0 heterocycles. The van der Waals surface area contributed by atoms with Gasteiger partial charge >= 0.3 is 0 Å². The van der Waals surface area contributed by atoms with E-state index in [-0.39, 0.29) is 0 Å². The van der Waals surface area contributed by atoms with Crippen LogP contribution in [-0.4, -0.2) is 6.79 Å². The van der Waals surface area contributed by atoms with Gasteiger partial charge in [0.2, 0.25) is 0 Å². The average molecular weight is 171 g/mol. The molecule has 0 spiro atoms. The minimum absolute atomic E-state index is 1.22. The lowest BCUT2D eigenvalue weighted by molar-refractivity contribution is -0.0979. The Morgan fingerprint density at radius 3 is 1.09 bits per heavy atom. The second-order valence-corrected chi connectivity index (χ2v) is 1.62. The van der Waals surface area contributed by atoms with Crippen LogP contribution in [0.5, 0.6) is 0 Å². The van der Waals surface area contributed by atoms with Crippen molar-refractivity contribution in [1.82, 2.24) is 0 Å². The highest BCUT2D eigenvalue weighted by Crippen LogP contribution is 1.79. The van der Waals surface area contributed by atoms with Gasteiger partial charge in [0.1, 0.15) is 6.79 Å². The summed E-state index contributed by atoms with van der Waals surface area (Å²) in [6.07, 6.45) is 0. The zero-order valence-electron chi connectivity index (χ0n) is 6.24. The smallest absolute Gasteiger partial charge is 0.106 e. The molecule has 1 nitrogen and oxygen atoms in total. The topological polar surface area (TPSA) is 17.1 Å². The molecule has 0 unspecified atom stereocenters. The summed E-state index contributed by atoms with van der Waals surface area (Å²) in [5, 5.41) is 0. The fraction of sp³-hybridized carbons (Fsp3) is 0. The van der Waals surface area contributed by atoms with Gasteiger partial charge in [0.15, 0.2) is 0 Å². The molecule has 0 amide bonds. The molecule has 11 heavy (non-hydrogen) atoms. The number of carbonyl (C=O) groups excluding carboxylic acids is 1. The van der Waals surface area contributed by atoms with E-state index in [4.69, 9.17) is 16.4 Å². The van der Waals surface area contributed by atoms with E-state index < -0.39 is 0 Å². The Labute approximate surface area is 72.3 Å². The molecule has 0 N–H and O–H groups in total. The molecule has 0 aromatic heterocycles. The molecule has 0 aliphatic rings. The van der Waals surface area contributed by atoms with Crippen molar-refractivity contribution in [2.75, 3.05) is 0 Å². The van der Waals surface area contributed by atoms with Crippen LogP contribution in [0.15, 0.2) is 48.5 Å². The third-order valence-corrected chi connectivity index (χ3v) is 0.667. The van der Waals surface area contributed by atoms with Gasteiger partial charge < -0.3 is 4.79 Å². The van der Waals surface area contributed by atoms with Gasteiger partial charge in [0, 0.05) is 0 Å². The summed E-state index contributed by atoms with van der Waals surface area (Å²) in [6, 6.07) is 12.0. The first-order valence-electron chi connectivity index (χ1n) is 2.92. The third-order valence-electron chi connectivity index (χ3n) is 0.667. The molecule has 0 saturated carbocycles. The van der Waals surface area contributed by atoms with Gasteiger partial charge in [0.25, 0.3) is 0 Å². The molecule has 0 radical (unpaired) electrons. The van der Waals surface area contributed by atoms with Crippen molar-refractivity contribution in [2.45, 2.75) is 0 Å². The highest BCUT2D eigenvalue weighted by Gasteiger charge is 1.57. The summed E-state index contributed by atoms with van der Waals surface area (Å²) in [4.78, 5) is 8.00. The molecule has 2 heteroatoms. The van der Waals surface area contributed by atoms with Crippen LogP contribution in [0.1, 0.15) is 0 Å². The summed E-state index contributed by atoms with van der Waals surface area (Å²) >= 11 is 4.76. The number of benzene rings is 1. The standard InChI is InChI=1S/C6H6.C2H3Cl.CH2O/c1-2-4-6-5-3-1;1-2-3;1-2/h1-6H;2H,1H2;1H2. The summed E-state index contributed by atoms with van der Waals surface area (Å²) in [7, 11) is 0. The van der Waals surface area contributed by atoms with Gasteiger partial charge in [-0.3, -0.25) is 0 Å². The van der Waals surface area contributed by atoms with Crippen LogP contribution in [-0.2, 0) is 4.79 Å². The van der Waals surface area contributed by atoms with E-state index in [0.29, 0.717) is 0 Å². The number of hydrogen-bond donors (Lipinski definition) is 0. The van der Waals surface area contributed by atoms with Gasteiger partial charge in [-0.2, -0.15) is 0 Å². The quantitative estimate of drug-likeness (QED) is 0.585. The third kappa shape index (κ3) is 17.6. The first-order chi connectivity index (χ1) is 5.41. The lowest BCUT2D eigenvalue weighted by Crippen LogP contribution is -1.47. The molecule has 0 atom stereocenters. The summed E-state index contributed by atoms with van der Waals surface area (Å²) in [5.41, 5.74) is 1.22. The fourth-order valence-electron chi connectivity index (χ4n) is 0.385. The van der Waals surface area contributed by atoms with E-state index in [1.807, 2.05) is 43.2 Å². The van der Waals surface area contributed by atoms with E-state index in [1.54, 1.807) is 0 Å². The van der Waals surface area contributed by atoms with E-state index in [2.05, 4.69) is 6.58 Å². The lowest BCUT2D eigenvalue weighted by atomic mass is 10.4. The SMILES string of the molecule is C=CCl.C=O.c1ccccc1. The highest BCUT2D eigenvalue weighted by molar-refractivity contribution is 6.25. The predicted molar refractivity (Wildman–Crippen MR) is 49.6 cm³/mol. The Hall–Kier alpha value is -1.08. The van der Waals surface area contributed by atoms with Crippen molar-refractivity contribution in [2.24, 2.45) is 0 Å². The summed E-state index contributed by atoms with van der Waals surface area (Å²) in [5.74, 6) is 0. The van der Waals surface area contributed by atoms with Crippen LogP contribution in [0.3, 0.4) is 0 Å². The van der Waals surface area contributed by atoms with Crippen LogP contribution >= 0.6 is 11.6 Å². The Morgan fingerprint density at radius 2 is 1.00 bits per heavy atom. The molecule has 1 aromatic rings. The van der Waals surface area contributed by atoms with Crippen LogP contribution in [0.4, 0.5) is 0 Å². The minimum atomic E-state index is 1.22. The maximum Gasteiger partial charge on any atom is 0.106 e. The molecule has 0 fully saturated rings. The second kappa shape index (κ2) is 16.0. The molecule has 0 aliphatic heterocycles. The number of halogens is 1. The van der Waals surface area contributed by atoms with Crippen molar-refractivity contribution in [3.8, 4) is 0 Å². The predicted octanol–water partition coefficient (Wildman–Crippen LogP) is 2.87. The van der Waals surface area contributed by atoms with Gasteiger partial charge in [-0.25, -0.2) is 0 Å². The maximum atomic E-state index is 8.00. The van der Waals surface area contributed by atoms with Gasteiger partial charge in [-0.1, -0.05) is 54.6 Å². The Balaban J connectivity index is 0. The summed E-state index contributed by atoms with van der Waals surface area (Å²) in [6.45, 7) is 5.13. The van der Waals surface area contributed by atoms with Crippen LogP contribution in [0, 0.1) is 0 Å². The molecule has 0 bridgehead atoms. The zero-order chi connectivity index (χ0) is 8.95. The number of hydrogen-bond acceptors (Lipinski definition) is 1. The van der Waals surface area contributed by atoms with Crippen molar-refractivity contribution >= 4 is 18.4 Å². The summed E-state index contributed by atoms with van der Waals surface area (Å²) < 4.78 is 0. The van der Waals surface area contributed by atoms with E-state index in [9.17, 15) is 0 Å². The molecule has 60 valence electrons. The Bertz CT molecular complexity index is 124. The van der Waals surface area contributed by atoms with E-state index in [0.717, 1.165) is 0 Å². The Kier molecular flexibility index (Phi) is 18.3. The lowest BCUT2D eigenvalue weighted by Gasteiger charge is -1.69. The van der Waals surface area contributed by atoms with Gasteiger partial charge in [0.05, 0.1) is 0 Å². The normalized spacial score (nSPS) is 5.91. The largest absolute Gasteiger partial charge is 0.307 e. The van der Waals surface area contributed by atoms with Crippen molar-refractivity contribution < 1.29 is 4.79 Å². The van der Waals surface area contributed by atoms with Gasteiger partial charge in [-0.15, -0.1) is 0 Å². The van der Waals surface area contributed by atoms with Crippen LogP contribution < -0.4 is 0 Å². The number of rotatable bonds is 0. The zero-order valence-corrected chi connectivity index (χ0v) is 7.00. The first-order valence-corrected chi connectivity index (χ1v) is 3.35. The van der Waals surface area contributed by atoms with Crippen molar-refractivity contribution in [1.29, 1.82) is 0 Å². The fourth-order valence-corrected chi connectivity index (χ4v) is 0.385. The molecule has 0 aliphatic carbocycles. The minimum Gasteiger partial charge on any atom is -0.307 e. The molecule has 1 rings (SSSR count). The molecule has 0 saturated heterocycles. The molecular formula is C9H11ClO. The number of carbonyl (C=O) groups is 1. The Morgan fingerprint density at radius 1 is 0.909 bits per heavy atom. The highest BCUT2D eigenvalue weighted by atomic mass is 35.5. The van der Waals surface area contributed by atoms with Crippen LogP contribution in [0.2, 0.25) is 0 Å². The second-order valence-electron chi connectivity index (χ2n) is 1.31. The van der Waals surface area contributed by atoms with Crippen molar-refractivity contribution in [3.05, 3.63) is 48.5 Å². The molecule has 1 aromatic carbocycles. The van der Waals surface area contributed by atoms with Crippen LogP contribution in [0.25, 0.3) is 0 Å². The monoisotopic (exact) mass is 170 g/mol. The van der Waals surface area contributed by atoms with Gasteiger partial charge in [-0.05, 0) is 5.54 Å².